The number of aromatic nitrogens is 3. The van der Waals surface area contributed by atoms with Gasteiger partial charge < -0.3 is 14.6 Å². The molecule has 0 radical (unpaired) electrons. The molecule has 4 aromatic rings. The zero-order valence-electron chi connectivity index (χ0n) is 16.8. The Balaban J connectivity index is 2.04. The van der Waals surface area contributed by atoms with Crippen LogP contribution < -0.4 is 9.47 Å². The Bertz CT molecular complexity index is 1330. The van der Waals surface area contributed by atoms with E-state index in [2.05, 4.69) is 21.9 Å². The van der Waals surface area contributed by atoms with E-state index in [1.165, 1.54) is 4.68 Å². The number of hydrogen-bond acceptors (Lipinski definition) is 5. The summed E-state index contributed by atoms with van der Waals surface area (Å²) < 4.78 is 12.3. The van der Waals surface area contributed by atoms with Crippen molar-refractivity contribution in [2.45, 2.75) is 13.5 Å². The number of carbonyl (C=O) groups is 1. The Morgan fingerprint density at radius 3 is 2.47 bits per heavy atom. The fraction of sp³-hybridized carbons (Fsp3) is 0.174. The number of ether oxygens (including phenoxy) is 2. The van der Waals surface area contributed by atoms with Crippen LogP contribution in [-0.2, 0) is 11.3 Å². The van der Waals surface area contributed by atoms with Gasteiger partial charge in [0.05, 0.1) is 31.4 Å². The van der Waals surface area contributed by atoms with Gasteiger partial charge in [0.2, 0.25) is 0 Å². The minimum Gasteiger partial charge on any atom is -0.493 e. The molecular formula is C23H19N3O4. The first-order chi connectivity index (χ1) is 14.5. The molecule has 0 spiro atoms. The van der Waals surface area contributed by atoms with Gasteiger partial charge in [0.25, 0.3) is 0 Å². The van der Waals surface area contributed by atoms with E-state index in [-0.39, 0.29) is 6.54 Å². The quantitative estimate of drug-likeness (QED) is 0.513. The van der Waals surface area contributed by atoms with Crippen molar-refractivity contribution in [1.29, 1.82) is 0 Å². The molecule has 0 saturated carbocycles. The summed E-state index contributed by atoms with van der Waals surface area (Å²) in [4.78, 5) is 15.9. The normalized spacial score (nSPS) is 10.6. The Kier molecular flexibility index (Phi) is 4.98. The summed E-state index contributed by atoms with van der Waals surface area (Å²) in [5.74, 6) is 6.04. The lowest BCUT2D eigenvalue weighted by Gasteiger charge is -2.10. The van der Waals surface area contributed by atoms with Gasteiger partial charge in [-0.2, -0.15) is 5.10 Å². The van der Waals surface area contributed by atoms with E-state index in [1.807, 2.05) is 30.3 Å². The molecular weight excluding hydrogens is 382 g/mol. The number of carboxylic acid groups (broad SMARTS) is 1. The third-order valence-corrected chi connectivity index (χ3v) is 4.80. The first-order valence-corrected chi connectivity index (χ1v) is 9.22. The van der Waals surface area contributed by atoms with Crippen LogP contribution in [0.25, 0.3) is 33.1 Å². The van der Waals surface area contributed by atoms with E-state index in [9.17, 15) is 9.90 Å². The lowest BCUT2D eigenvalue weighted by atomic mass is 10.0. The Morgan fingerprint density at radius 1 is 1.13 bits per heavy atom. The summed E-state index contributed by atoms with van der Waals surface area (Å²) in [6.45, 7) is 1.52. The maximum atomic E-state index is 11.4. The molecule has 0 aliphatic rings. The Labute approximate surface area is 172 Å². The molecule has 2 aromatic heterocycles. The first kappa shape index (κ1) is 19.3. The maximum absolute atomic E-state index is 11.4. The van der Waals surface area contributed by atoms with Gasteiger partial charge in [-0.1, -0.05) is 18.1 Å². The average molecular weight is 401 g/mol. The molecule has 2 heterocycles. The third kappa shape index (κ3) is 3.29. The molecule has 2 aromatic carbocycles. The average Bonchev–Trinajstić information content (AvgIpc) is 3.11. The monoisotopic (exact) mass is 401 g/mol. The van der Waals surface area contributed by atoms with Crippen LogP contribution in [0, 0.1) is 11.8 Å². The van der Waals surface area contributed by atoms with Crippen LogP contribution in [-0.4, -0.2) is 40.1 Å². The van der Waals surface area contributed by atoms with Crippen molar-refractivity contribution in [3.8, 4) is 34.6 Å². The minimum atomic E-state index is -0.980. The van der Waals surface area contributed by atoms with E-state index in [0.717, 1.165) is 21.9 Å². The highest BCUT2D eigenvalue weighted by Crippen LogP contribution is 2.38. The van der Waals surface area contributed by atoms with Crippen LogP contribution in [0.5, 0.6) is 11.5 Å². The number of carboxylic acids is 1. The lowest BCUT2D eigenvalue weighted by Crippen LogP contribution is -2.10. The van der Waals surface area contributed by atoms with Crippen LogP contribution in [0.15, 0.2) is 42.6 Å². The van der Waals surface area contributed by atoms with Crippen molar-refractivity contribution in [3.05, 3.63) is 48.2 Å². The van der Waals surface area contributed by atoms with E-state index >= 15 is 0 Å². The standard InChI is InChI=1S/C23H19N3O4/c1-4-5-14-6-8-15(9-7-14)23-22-16-10-19(29-2)20(30-3)11-17(16)24-12-18(22)26(25-23)13-21(27)28/h6-12H,13H2,1-3H3,(H,27,28). The molecule has 4 rings (SSSR count). The van der Waals surface area contributed by atoms with E-state index < -0.39 is 5.97 Å². The number of rotatable bonds is 5. The summed E-state index contributed by atoms with van der Waals surface area (Å²) in [7, 11) is 3.14. The predicted molar refractivity (Wildman–Crippen MR) is 114 cm³/mol. The summed E-state index contributed by atoms with van der Waals surface area (Å²) >= 11 is 0. The van der Waals surface area contributed by atoms with Gasteiger partial charge in [0.1, 0.15) is 12.2 Å². The zero-order valence-corrected chi connectivity index (χ0v) is 16.8. The number of fused-ring (bicyclic) bond motifs is 3. The molecule has 150 valence electrons. The van der Waals surface area contributed by atoms with Crippen LogP contribution >= 0.6 is 0 Å². The molecule has 0 unspecified atom stereocenters. The van der Waals surface area contributed by atoms with Gasteiger partial charge in [0, 0.05) is 28.0 Å². The molecule has 7 heteroatoms. The molecule has 7 nitrogen and oxygen atoms in total. The predicted octanol–water partition coefficient (Wildman–Crippen LogP) is 3.72. The maximum Gasteiger partial charge on any atom is 0.325 e. The molecule has 0 bridgehead atoms. The first-order valence-electron chi connectivity index (χ1n) is 9.22. The summed E-state index contributed by atoms with van der Waals surface area (Å²) in [5.41, 5.74) is 3.75. The van der Waals surface area contributed by atoms with Crippen molar-refractivity contribution in [3.63, 3.8) is 0 Å². The fourth-order valence-corrected chi connectivity index (χ4v) is 3.48. The van der Waals surface area contributed by atoms with Crippen LogP contribution in [0.4, 0.5) is 0 Å². The van der Waals surface area contributed by atoms with E-state index in [4.69, 9.17) is 9.47 Å². The number of nitrogens with zero attached hydrogens (tertiary/aromatic N) is 3. The highest BCUT2D eigenvalue weighted by atomic mass is 16.5. The zero-order chi connectivity index (χ0) is 21.3. The van der Waals surface area contributed by atoms with Crippen molar-refractivity contribution in [1.82, 2.24) is 14.8 Å². The Hall–Kier alpha value is -4.05. The topological polar surface area (TPSA) is 86.5 Å². The smallest absolute Gasteiger partial charge is 0.325 e. The SMILES string of the molecule is CC#Cc1ccc(-c2nn(CC(=O)O)c3cnc4cc(OC)c(OC)cc4c23)cc1. The van der Waals surface area contributed by atoms with Gasteiger partial charge >= 0.3 is 5.97 Å². The number of benzene rings is 2. The van der Waals surface area contributed by atoms with Crippen LogP contribution in [0.1, 0.15) is 12.5 Å². The highest BCUT2D eigenvalue weighted by molar-refractivity contribution is 6.12. The second-order valence-corrected chi connectivity index (χ2v) is 6.60. The molecule has 0 atom stereocenters. The van der Waals surface area contributed by atoms with Gasteiger partial charge in [-0.25, -0.2) is 0 Å². The van der Waals surface area contributed by atoms with Gasteiger partial charge in [-0.3, -0.25) is 14.5 Å². The van der Waals surface area contributed by atoms with Crippen LogP contribution in [0.3, 0.4) is 0 Å². The second kappa shape index (κ2) is 7.76. The third-order valence-electron chi connectivity index (χ3n) is 4.80. The largest absolute Gasteiger partial charge is 0.493 e. The summed E-state index contributed by atoms with van der Waals surface area (Å²) in [5, 5.41) is 15.5. The number of methoxy groups -OCH3 is 2. The van der Waals surface area contributed by atoms with Crippen molar-refractivity contribution < 1.29 is 19.4 Å². The fourth-order valence-electron chi connectivity index (χ4n) is 3.48. The molecule has 0 amide bonds. The minimum absolute atomic E-state index is 0.267. The number of aliphatic carboxylic acids is 1. The van der Waals surface area contributed by atoms with E-state index in [0.29, 0.717) is 28.2 Å². The van der Waals surface area contributed by atoms with E-state index in [1.54, 1.807) is 33.4 Å². The molecule has 0 fully saturated rings. The van der Waals surface area contributed by atoms with Gasteiger partial charge in [0.15, 0.2) is 11.5 Å². The summed E-state index contributed by atoms with van der Waals surface area (Å²) in [6.07, 6.45) is 1.64. The molecule has 30 heavy (non-hydrogen) atoms. The Morgan fingerprint density at radius 2 is 1.83 bits per heavy atom. The van der Waals surface area contributed by atoms with Crippen LogP contribution in [0.2, 0.25) is 0 Å². The summed E-state index contributed by atoms with van der Waals surface area (Å²) in [6, 6.07) is 11.3. The van der Waals surface area contributed by atoms with Gasteiger partial charge in [-0.15, -0.1) is 5.92 Å². The van der Waals surface area contributed by atoms with Gasteiger partial charge in [-0.05, 0) is 25.1 Å². The van der Waals surface area contributed by atoms with Crippen molar-refractivity contribution >= 4 is 27.8 Å². The highest BCUT2D eigenvalue weighted by Gasteiger charge is 2.19. The number of pyridine rings is 1. The molecule has 0 aliphatic carbocycles. The second-order valence-electron chi connectivity index (χ2n) is 6.60. The molecule has 1 N–H and O–H groups in total. The van der Waals surface area contributed by atoms with Crippen molar-refractivity contribution in [2.24, 2.45) is 0 Å². The van der Waals surface area contributed by atoms with Crippen molar-refractivity contribution in [2.75, 3.05) is 14.2 Å². The number of hydrogen-bond donors (Lipinski definition) is 1. The lowest BCUT2D eigenvalue weighted by molar-refractivity contribution is -0.137. The molecule has 0 saturated heterocycles. The molecule has 0 aliphatic heterocycles.